The average molecular weight is 1620 g/mol. The fraction of sp³-hybridized carbons (Fsp3) is 0.101. The molecule has 0 saturated carbocycles. The van der Waals surface area contributed by atoms with E-state index < -0.39 is 0 Å². The molecule has 0 fully saturated rings. The van der Waals surface area contributed by atoms with Gasteiger partial charge < -0.3 is 26.0 Å². The van der Waals surface area contributed by atoms with Gasteiger partial charge in [-0.1, -0.05) is 159 Å². The predicted molar refractivity (Wildman–Crippen MR) is 427 cm³/mol. The molecule has 0 bridgehead atoms. The van der Waals surface area contributed by atoms with Gasteiger partial charge in [0, 0.05) is 81.4 Å². The third kappa shape index (κ3) is 22.0. The van der Waals surface area contributed by atoms with Gasteiger partial charge in [-0.25, -0.2) is 4.79 Å². The summed E-state index contributed by atoms with van der Waals surface area (Å²) in [4.78, 5) is 61.1. The Morgan fingerprint density at radius 2 is 0.768 bits per heavy atom. The molecule has 5 heterocycles. The third-order valence-corrected chi connectivity index (χ3v) is 17.8. The molecule has 0 aliphatic rings. The summed E-state index contributed by atoms with van der Waals surface area (Å²) in [5.41, 5.74) is 14.8. The van der Waals surface area contributed by atoms with Crippen molar-refractivity contribution in [3.8, 4) is 63.0 Å². The van der Waals surface area contributed by atoms with Crippen molar-refractivity contribution < 1.29 is 28.7 Å². The van der Waals surface area contributed by atoms with E-state index in [-0.39, 0.29) is 47.2 Å². The number of hydrogen-bond acceptors (Lipinski definition) is 22. The molecule has 0 unspecified atom stereocenters. The zero-order valence-electron chi connectivity index (χ0n) is 60.5. The van der Waals surface area contributed by atoms with E-state index in [4.69, 9.17) is 16.3 Å². The summed E-state index contributed by atoms with van der Waals surface area (Å²) in [6, 6.07) is 71.0. The normalized spacial score (nSPS) is 10.5. The first-order valence-corrected chi connectivity index (χ1v) is 35.5. The molecule has 0 aliphatic carbocycles. The molecule has 0 saturated heterocycles. The van der Waals surface area contributed by atoms with Crippen LogP contribution in [-0.4, -0.2) is 133 Å². The Morgan fingerprint density at radius 1 is 0.420 bits per heavy atom. The van der Waals surface area contributed by atoms with Crippen LogP contribution in [0.15, 0.2) is 231 Å². The van der Waals surface area contributed by atoms with Crippen molar-refractivity contribution in [2.75, 3.05) is 21.3 Å². The van der Waals surface area contributed by atoms with Crippen LogP contribution in [0.3, 0.4) is 0 Å². The monoisotopic (exact) mass is 1620 g/mol. The second kappa shape index (κ2) is 37.8. The number of aryl methyl sites for hydroxylation is 3. The molecular formula is C79H67ClIN25O6. The highest BCUT2D eigenvalue weighted by Crippen LogP contribution is 2.27. The fourth-order valence-electron chi connectivity index (χ4n) is 10.1. The first-order chi connectivity index (χ1) is 54.2. The Bertz CT molecular complexity index is 5500. The molecule has 15 rings (SSSR count). The Kier molecular flexibility index (Phi) is 26.5. The van der Waals surface area contributed by atoms with Crippen molar-refractivity contribution in [3.05, 3.63) is 300 Å². The summed E-state index contributed by atoms with van der Waals surface area (Å²) >= 11 is 8.27. The van der Waals surface area contributed by atoms with Crippen molar-refractivity contribution in [2.45, 2.75) is 53.6 Å². The smallest absolute Gasteiger partial charge is 0.338 e. The first-order valence-electron chi connectivity index (χ1n) is 34.0. The number of tetrazole rings is 5. The molecule has 0 spiro atoms. The van der Waals surface area contributed by atoms with Crippen LogP contribution in [0, 0.1) is 35.7 Å². The summed E-state index contributed by atoms with van der Waals surface area (Å²) in [5.74, 6) is 1.11. The second-order valence-corrected chi connectivity index (χ2v) is 26.9. The van der Waals surface area contributed by atoms with Crippen molar-refractivity contribution in [1.82, 2.24) is 103 Å². The Morgan fingerprint density at radius 3 is 1.13 bits per heavy atom. The number of nitrogens with zero attached hydrogens (tertiary/aromatic N) is 16. The summed E-state index contributed by atoms with van der Waals surface area (Å²) in [6.45, 7) is 12.6. The van der Waals surface area contributed by atoms with Crippen LogP contribution in [0.2, 0.25) is 5.02 Å². The van der Waals surface area contributed by atoms with Gasteiger partial charge in [-0.15, -0.1) is 51.0 Å². The number of hydrogen-bond donors (Lipinski definition) is 9. The van der Waals surface area contributed by atoms with Crippen LogP contribution in [0.25, 0.3) is 56.9 Å². The number of ether oxygens (including phenoxy) is 1. The van der Waals surface area contributed by atoms with E-state index in [1.807, 2.05) is 136 Å². The highest BCUT2D eigenvalue weighted by molar-refractivity contribution is 14.1. The quantitative estimate of drug-likeness (QED) is 0.0320. The van der Waals surface area contributed by atoms with Gasteiger partial charge in [-0.3, -0.25) is 19.2 Å². The number of aromatic amines is 5. The molecule has 5 aromatic heterocycles. The van der Waals surface area contributed by atoms with Gasteiger partial charge in [-0.05, 0) is 201 Å². The minimum atomic E-state index is -0.362. The third-order valence-electron chi connectivity index (χ3n) is 16.3. The number of amides is 4. The number of aromatic nitrogens is 20. The molecule has 31 nitrogen and oxygen atoms in total. The van der Waals surface area contributed by atoms with Crippen molar-refractivity contribution in [1.29, 1.82) is 5.26 Å². The molecule has 112 heavy (non-hydrogen) atoms. The van der Waals surface area contributed by atoms with Gasteiger partial charge in [0.25, 0.3) is 23.6 Å². The van der Waals surface area contributed by atoms with Crippen LogP contribution in [0.5, 0.6) is 0 Å². The zero-order chi connectivity index (χ0) is 78.9. The van der Waals surface area contributed by atoms with E-state index in [0.717, 1.165) is 59.5 Å². The molecule has 33 heteroatoms. The second-order valence-electron chi connectivity index (χ2n) is 25.4. The number of benzene rings is 10. The van der Waals surface area contributed by atoms with E-state index in [1.165, 1.54) is 5.56 Å². The zero-order valence-corrected chi connectivity index (χ0v) is 63.4. The molecule has 0 atom stereocenters. The number of nitrogens with one attached hydrogen (secondary N) is 9. The number of carbonyl (C=O) groups excluding carboxylic acids is 5. The molecule has 0 aliphatic heterocycles. The van der Waals surface area contributed by atoms with Crippen LogP contribution in [0.1, 0.15) is 106 Å². The molecule has 9 N–H and O–H groups in total. The van der Waals surface area contributed by atoms with Crippen LogP contribution in [0.4, 0.5) is 22.7 Å². The minimum absolute atomic E-state index is 0.0432. The van der Waals surface area contributed by atoms with Crippen LogP contribution < -0.4 is 21.3 Å². The maximum absolute atomic E-state index is 12.6. The molecule has 0 radical (unpaired) electrons. The maximum Gasteiger partial charge on any atom is 0.338 e. The number of nitriles is 1. The molecule has 15 aromatic rings. The van der Waals surface area contributed by atoms with E-state index in [2.05, 4.69) is 168 Å². The summed E-state index contributed by atoms with van der Waals surface area (Å²) in [7, 11) is 0. The lowest BCUT2D eigenvalue weighted by Gasteiger charge is -2.19. The molecule has 4 amide bonds. The Labute approximate surface area is 657 Å². The van der Waals surface area contributed by atoms with Crippen LogP contribution in [-0.2, 0) is 16.8 Å². The van der Waals surface area contributed by atoms with Gasteiger partial charge in [0.15, 0.2) is 0 Å². The molecular weight excluding hydrogens is 1560 g/mol. The van der Waals surface area contributed by atoms with Crippen molar-refractivity contribution >= 4 is 86.5 Å². The number of halogens is 2. The largest absolute Gasteiger partial charge is 0.457 e. The van der Waals surface area contributed by atoms with Crippen LogP contribution >= 0.6 is 34.2 Å². The number of rotatable bonds is 16. The number of esters is 1. The van der Waals surface area contributed by atoms with Gasteiger partial charge >= 0.3 is 5.97 Å². The van der Waals surface area contributed by atoms with E-state index in [9.17, 15) is 29.2 Å². The van der Waals surface area contributed by atoms with Crippen molar-refractivity contribution in [3.63, 3.8) is 0 Å². The topological polar surface area (TPSA) is 439 Å². The Hall–Kier alpha value is -14.6. The predicted octanol–water partition coefficient (Wildman–Crippen LogP) is 14.1. The number of H-pyrrole nitrogens is 5. The van der Waals surface area contributed by atoms with Gasteiger partial charge in [0.05, 0.1) is 22.8 Å². The molecule has 10 aromatic carbocycles. The highest BCUT2D eigenvalue weighted by atomic mass is 127. The lowest BCUT2D eigenvalue weighted by Crippen LogP contribution is -2.14. The average Bonchev–Trinajstić information content (AvgIpc) is 1.21. The van der Waals surface area contributed by atoms with Gasteiger partial charge in [0.2, 0.25) is 29.1 Å². The lowest BCUT2D eigenvalue weighted by molar-refractivity contribution is 0.0471. The Balaban J connectivity index is 0.000000139. The molecule has 558 valence electrons. The summed E-state index contributed by atoms with van der Waals surface area (Å²) in [5, 5.41) is 89.6. The van der Waals surface area contributed by atoms with Crippen molar-refractivity contribution in [2.24, 2.45) is 0 Å². The fourth-order valence-corrected chi connectivity index (χ4v) is 10.8. The SMILES string of the molecule is CC(C)(C)c1ccc(NC(=O)c2ccc(-c3nn[nH]n3)cc2C#N)cc1.Cc1ccc(NC(=O)c2ccc(-c3nn[nH]n3)cc2)cc1.Cc1ccc(NC(=O)c2ccc(-c3nn[nH]n3)cc2)cc1.Cc1ccc(NC(=O)c2ccc(-c3nn[nH]n3)cc2)cc1Cl.O=C(OCc1ccccc1I)c1ccc(-c2nn[nH]n2)cc1. The number of carbonyl (C=O) groups is 5. The van der Waals surface area contributed by atoms with Gasteiger partial charge in [-0.2, -0.15) is 31.3 Å². The standard InChI is InChI=1S/C19H18N6O.C15H12ClN5O.C15H11IN4O2.2C15H13N5O/c1-19(2,3)14-5-7-15(8-6-14)21-18(26)16-9-4-12(10-13(16)11-20)17-22-24-25-23-17;1-9-2-7-12(8-13(9)16)17-15(22)11-5-3-10(4-6-11)14-18-20-21-19-14;16-13-4-2-1-3-12(13)9-22-15(21)11-7-5-10(6-8-11)14-17-19-20-18-14;2*1-10-2-8-13(9-3-10)16-15(21)12-6-4-11(5-7-12)14-17-19-20-18-14/h4-10H,1-3H3,(H,21,26)(H,22,23,24,25);2-8H,1H3,(H,17,22)(H,18,19,20,21);1-8H,9H2,(H,17,18,19,20);2*2-9H,1H3,(H,16,21)(H,17,18,19,20). The highest BCUT2D eigenvalue weighted by Gasteiger charge is 2.19. The lowest BCUT2D eigenvalue weighted by atomic mass is 9.87. The van der Waals surface area contributed by atoms with Gasteiger partial charge in [0.1, 0.15) is 6.61 Å². The summed E-state index contributed by atoms with van der Waals surface area (Å²) in [6.07, 6.45) is 0. The van der Waals surface area contributed by atoms with E-state index in [1.54, 1.807) is 121 Å². The summed E-state index contributed by atoms with van der Waals surface area (Å²) < 4.78 is 6.40. The number of anilines is 4. The van der Waals surface area contributed by atoms with E-state index in [0.29, 0.717) is 78.9 Å². The maximum atomic E-state index is 12.6. The van der Waals surface area contributed by atoms with E-state index >= 15 is 0 Å². The minimum Gasteiger partial charge on any atom is -0.457 e. The first kappa shape index (κ1) is 78.5.